The van der Waals surface area contributed by atoms with Gasteiger partial charge >= 0.3 is 6.03 Å². The highest BCUT2D eigenvalue weighted by Crippen LogP contribution is 2.28. The predicted molar refractivity (Wildman–Crippen MR) is 102 cm³/mol. The Labute approximate surface area is 156 Å². The predicted octanol–water partition coefficient (Wildman–Crippen LogP) is 4.98. The molecule has 2 aromatic carbocycles. The Morgan fingerprint density at radius 3 is 2.81 bits per heavy atom. The lowest BCUT2D eigenvalue weighted by molar-refractivity contribution is 0.249. The molecule has 2 amide bonds. The molecule has 6 nitrogen and oxygen atoms in total. The first-order valence-electron chi connectivity index (χ1n) is 8.33. The molecule has 1 atom stereocenters. The van der Waals surface area contributed by atoms with Gasteiger partial charge in [-0.15, -0.1) is 0 Å². The number of rotatable bonds is 5. The molecule has 0 unspecified atom stereocenters. The van der Waals surface area contributed by atoms with E-state index < -0.39 is 0 Å². The maximum Gasteiger partial charge on any atom is 0.319 e. The molecule has 0 spiro atoms. The summed E-state index contributed by atoms with van der Waals surface area (Å²) in [6.07, 6.45) is 0.862. The third-order valence-corrected chi connectivity index (χ3v) is 4.23. The second-order valence-electron chi connectivity index (χ2n) is 5.89. The molecule has 134 valence electrons. The van der Waals surface area contributed by atoms with Crippen molar-refractivity contribution in [2.75, 3.05) is 5.32 Å². The summed E-state index contributed by atoms with van der Waals surface area (Å²) in [6.45, 7) is 3.96. The van der Waals surface area contributed by atoms with Gasteiger partial charge in [-0.05, 0) is 37.6 Å². The van der Waals surface area contributed by atoms with Gasteiger partial charge in [0.25, 0.3) is 5.89 Å². The van der Waals surface area contributed by atoms with Crippen molar-refractivity contribution in [1.29, 1.82) is 0 Å². The Morgan fingerprint density at radius 1 is 1.23 bits per heavy atom. The molecule has 0 aliphatic carbocycles. The molecule has 1 heterocycles. The van der Waals surface area contributed by atoms with Crippen LogP contribution in [0, 0.1) is 0 Å². The van der Waals surface area contributed by atoms with Crippen LogP contribution in [-0.4, -0.2) is 22.2 Å². The average Bonchev–Trinajstić information content (AvgIpc) is 3.12. The van der Waals surface area contributed by atoms with Gasteiger partial charge in [-0.1, -0.05) is 47.9 Å². The van der Waals surface area contributed by atoms with Gasteiger partial charge in [0, 0.05) is 17.3 Å². The minimum atomic E-state index is -0.249. The Bertz CT molecular complexity index is 910. The van der Waals surface area contributed by atoms with Gasteiger partial charge in [0.15, 0.2) is 0 Å². The SMILES string of the molecule is CC[C@@H](C)NC(=O)Nc1cccc(-c2noc(-c3ccccc3Cl)n2)c1. The first-order chi connectivity index (χ1) is 12.6. The monoisotopic (exact) mass is 370 g/mol. The minimum absolute atomic E-state index is 0.105. The largest absolute Gasteiger partial charge is 0.335 e. The van der Waals surface area contributed by atoms with Gasteiger partial charge in [0.1, 0.15) is 0 Å². The van der Waals surface area contributed by atoms with Crippen LogP contribution in [0.1, 0.15) is 20.3 Å². The lowest BCUT2D eigenvalue weighted by Crippen LogP contribution is -2.35. The highest BCUT2D eigenvalue weighted by Gasteiger charge is 2.14. The van der Waals surface area contributed by atoms with Crippen molar-refractivity contribution in [3.8, 4) is 22.8 Å². The summed E-state index contributed by atoms with van der Waals surface area (Å²) < 4.78 is 5.33. The van der Waals surface area contributed by atoms with Crippen molar-refractivity contribution < 1.29 is 9.32 Å². The number of carbonyl (C=O) groups excluding carboxylic acids is 1. The normalized spacial score (nSPS) is 11.8. The molecule has 0 saturated heterocycles. The second-order valence-corrected chi connectivity index (χ2v) is 6.30. The summed E-state index contributed by atoms with van der Waals surface area (Å²) in [4.78, 5) is 16.4. The van der Waals surface area contributed by atoms with Crippen molar-refractivity contribution in [2.45, 2.75) is 26.3 Å². The molecule has 1 aromatic heterocycles. The Kier molecular flexibility index (Phi) is 5.53. The number of amides is 2. The number of hydrogen-bond donors (Lipinski definition) is 2. The van der Waals surface area contributed by atoms with E-state index >= 15 is 0 Å². The third-order valence-electron chi connectivity index (χ3n) is 3.90. The van der Waals surface area contributed by atoms with Crippen molar-refractivity contribution in [2.24, 2.45) is 0 Å². The summed E-state index contributed by atoms with van der Waals surface area (Å²) in [5.74, 6) is 0.768. The molecule has 0 bridgehead atoms. The third kappa shape index (κ3) is 4.21. The van der Waals surface area contributed by atoms with Crippen LogP contribution in [0.4, 0.5) is 10.5 Å². The number of nitrogens with zero attached hydrogens (tertiary/aromatic N) is 2. The number of benzene rings is 2. The number of halogens is 1. The van der Waals surface area contributed by atoms with Gasteiger partial charge in [-0.25, -0.2) is 4.79 Å². The zero-order valence-corrected chi connectivity index (χ0v) is 15.2. The molecule has 3 aromatic rings. The fourth-order valence-corrected chi connectivity index (χ4v) is 2.53. The number of anilines is 1. The van der Waals surface area contributed by atoms with Crippen LogP contribution in [0.5, 0.6) is 0 Å². The smallest absolute Gasteiger partial charge is 0.319 e. The van der Waals surface area contributed by atoms with Crippen molar-refractivity contribution in [3.63, 3.8) is 0 Å². The molecule has 0 fully saturated rings. The topological polar surface area (TPSA) is 80.0 Å². The van der Waals surface area contributed by atoms with Crippen LogP contribution < -0.4 is 10.6 Å². The van der Waals surface area contributed by atoms with Gasteiger partial charge in [0.05, 0.1) is 10.6 Å². The van der Waals surface area contributed by atoms with E-state index in [2.05, 4.69) is 20.8 Å². The fraction of sp³-hybridized carbons (Fsp3) is 0.211. The Hall–Kier alpha value is -2.86. The summed E-state index contributed by atoms with van der Waals surface area (Å²) in [7, 11) is 0. The van der Waals surface area contributed by atoms with E-state index in [4.69, 9.17) is 16.1 Å². The molecule has 0 radical (unpaired) electrons. The van der Waals surface area contributed by atoms with Crippen LogP contribution in [0.15, 0.2) is 53.1 Å². The van der Waals surface area contributed by atoms with E-state index in [9.17, 15) is 4.79 Å². The summed E-state index contributed by atoms with van der Waals surface area (Å²) in [5.41, 5.74) is 2.05. The number of carbonyl (C=O) groups is 1. The summed E-state index contributed by atoms with van der Waals surface area (Å²) in [5, 5.41) is 10.2. The minimum Gasteiger partial charge on any atom is -0.335 e. The maximum atomic E-state index is 12.0. The van der Waals surface area contributed by atoms with E-state index in [1.807, 2.05) is 44.2 Å². The van der Waals surface area contributed by atoms with E-state index in [-0.39, 0.29) is 12.1 Å². The lowest BCUT2D eigenvalue weighted by Gasteiger charge is -2.12. The molecule has 3 rings (SSSR count). The molecular formula is C19H19ClN4O2. The number of hydrogen-bond acceptors (Lipinski definition) is 4. The van der Waals surface area contributed by atoms with Crippen molar-refractivity contribution in [1.82, 2.24) is 15.5 Å². The number of nitrogens with one attached hydrogen (secondary N) is 2. The van der Waals surface area contributed by atoms with Gasteiger partial charge in [0.2, 0.25) is 5.82 Å². The number of urea groups is 1. The number of aromatic nitrogens is 2. The lowest BCUT2D eigenvalue weighted by atomic mass is 10.2. The van der Waals surface area contributed by atoms with Crippen LogP contribution in [0.25, 0.3) is 22.8 Å². The molecule has 0 saturated carbocycles. The fourth-order valence-electron chi connectivity index (χ4n) is 2.31. The maximum absolute atomic E-state index is 12.0. The quantitative estimate of drug-likeness (QED) is 0.664. The second kappa shape index (κ2) is 8.01. The zero-order chi connectivity index (χ0) is 18.5. The Balaban J connectivity index is 1.79. The van der Waals surface area contributed by atoms with Gasteiger partial charge in [-0.3, -0.25) is 0 Å². The first kappa shape index (κ1) is 17.9. The van der Waals surface area contributed by atoms with Crippen LogP contribution in [0.2, 0.25) is 5.02 Å². The average molecular weight is 371 g/mol. The molecule has 0 aliphatic rings. The van der Waals surface area contributed by atoms with E-state index in [1.54, 1.807) is 18.2 Å². The zero-order valence-electron chi connectivity index (χ0n) is 14.5. The molecular weight excluding hydrogens is 352 g/mol. The standard InChI is InChI=1S/C19H19ClN4O2/c1-3-12(2)21-19(25)22-14-8-6-7-13(11-14)17-23-18(26-24-17)15-9-4-5-10-16(15)20/h4-12H,3H2,1-2H3,(H2,21,22,25)/t12-/m1/s1. The van der Waals surface area contributed by atoms with Crippen LogP contribution in [-0.2, 0) is 0 Å². The molecule has 2 N–H and O–H groups in total. The first-order valence-corrected chi connectivity index (χ1v) is 8.71. The molecule has 0 aliphatic heterocycles. The van der Waals surface area contributed by atoms with Crippen molar-refractivity contribution in [3.05, 3.63) is 53.6 Å². The highest BCUT2D eigenvalue weighted by molar-refractivity contribution is 6.33. The van der Waals surface area contributed by atoms with Gasteiger partial charge < -0.3 is 15.2 Å². The summed E-state index contributed by atoms with van der Waals surface area (Å²) in [6, 6.07) is 14.4. The van der Waals surface area contributed by atoms with Gasteiger partial charge in [-0.2, -0.15) is 4.98 Å². The van der Waals surface area contributed by atoms with Crippen LogP contribution in [0.3, 0.4) is 0 Å². The summed E-state index contributed by atoms with van der Waals surface area (Å²) >= 11 is 6.17. The van der Waals surface area contributed by atoms with E-state index in [0.717, 1.165) is 12.0 Å². The van der Waals surface area contributed by atoms with E-state index in [1.165, 1.54) is 0 Å². The molecule has 26 heavy (non-hydrogen) atoms. The Morgan fingerprint density at radius 2 is 2.04 bits per heavy atom. The van der Waals surface area contributed by atoms with E-state index in [0.29, 0.717) is 28.0 Å². The van der Waals surface area contributed by atoms with Crippen LogP contribution >= 0.6 is 11.6 Å². The highest BCUT2D eigenvalue weighted by atomic mass is 35.5. The van der Waals surface area contributed by atoms with Crippen molar-refractivity contribution >= 4 is 23.3 Å². The molecule has 7 heteroatoms.